The average Bonchev–Trinajstić information content (AvgIpc) is 2.92. The van der Waals surface area contributed by atoms with Gasteiger partial charge < -0.3 is 10.2 Å². The van der Waals surface area contributed by atoms with Gasteiger partial charge in [0.15, 0.2) is 0 Å². The van der Waals surface area contributed by atoms with Gasteiger partial charge >= 0.3 is 0 Å². The minimum Gasteiger partial charge on any atom is -0.338 e. The number of benzene rings is 2. The van der Waals surface area contributed by atoms with Gasteiger partial charge in [-0.05, 0) is 17.7 Å². The van der Waals surface area contributed by atoms with Gasteiger partial charge in [-0.25, -0.2) is 8.78 Å². The summed E-state index contributed by atoms with van der Waals surface area (Å²) in [6.07, 6.45) is 0.0848. The number of hydrogen-bond acceptors (Lipinski definition) is 2. The number of nitrogens with zero attached hydrogens (tertiary/aromatic N) is 1. The minimum atomic E-state index is -0.839. The molecule has 0 radical (unpaired) electrons. The van der Waals surface area contributed by atoms with Crippen LogP contribution >= 0.6 is 0 Å². The first-order valence-corrected chi connectivity index (χ1v) is 7.60. The van der Waals surface area contributed by atoms with E-state index in [0.29, 0.717) is 12.6 Å². The first-order valence-electron chi connectivity index (χ1n) is 7.60. The van der Waals surface area contributed by atoms with E-state index in [1.165, 1.54) is 6.07 Å². The van der Waals surface area contributed by atoms with Crippen LogP contribution in [0.2, 0.25) is 0 Å². The molecule has 1 saturated heterocycles. The van der Waals surface area contributed by atoms with Crippen molar-refractivity contribution >= 4 is 17.5 Å². The molecule has 0 saturated carbocycles. The lowest BCUT2D eigenvalue weighted by Gasteiger charge is -2.16. The van der Waals surface area contributed by atoms with E-state index >= 15 is 0 Å². The van der Waals surface area contributed by atoms with Gasteiger partial charge in [0.05, 0.1) is 11.6 Å². The van der Waals surface area contributed by atoms with Crippen LogP contribution in [-0.4, -0.2) is 23.3 Å². The maximum atomic E-state index is 13.6. The van der Waals surface area contributed by atoms with E-state index in [2.05, 4.69) is 5.32 Å². The highest BCUT2D eigenvalue weighted by atomic mass is 19.1. The summed E-state index contributed by atoms with van der Waals surface area (Å²) in [5.74, 6) is -2.65. The van der Waals surface area contributed by atoms with Crippen LogP contribution in [-0.2, 0) is 16.1 Å². The predicted octanol–water partition coefficient (Wildman–Crippen LogP) is 2.95. The zero-order chi connectivity index (χ0) is 17.1. The van der Waals surface area contributed by atoms with Gasteiger partial charge in [-0.2, -0.15) is 0 Å². The zero-order valence-corrected chi connectivity index (χ0v) is 12.8. The summed E-state index contributed by atoms with van der Waals surface area (Å²) in [7, 11) is 0. The molecule has 0 unspecified atom stereocenters. The van der Waals surface area contributed by atoms with Crippen molar-refractivity contribution in [2.24, 2.45) is 5.92 Å². The molecule has 2 aromatic rings. The van der Waals surface area contributed by atoms with Crippen molar-refractivity contribution in [1.29, 1.82) is 0 Å². The highest BCUT2D eigenvalue weighted by Crippen LogP contribution is 2.23. The fourth-order valence-electron chi connectivity index (χ4n) is 2.73. The van der Waals surface area contributed by atoms with Gasteiger partial charge in [0.25, 0.3) is 0 Å². The molecule has 1 atom stereocenters. The van der Waals surface area contributed by atoms with Gasteiger partial charge in [-0.1, -0.05) is 30.3 Å². The largest absolute Gasteiger partial charge is 0.338 e. The number of likely N-dealkylation sites (tertiary alicyclic amines) is 1. The number of carbonyl (C=O) groups excluding carboxylic acids is 2. The fourth-order valence-corrected chi connectivity index (χ4v) is 2.73. The van der Waals surface area contributed by atoms with Crippen molar-refractivity contribution < 1.29 is 18.4 Å². The van der Waals surface area contributed by atoms with Crippen LogP contribution in [0.5, 0.6) is 0 Å². The fraction of sp³-hybridized carbons (Fsp3) is 0.222. The Balaban J connectivity index is 1.63. The standard InChI is InChI=1S/C18H16F2N2O2/c19-14-6-7-16(15(20)9-14)21-18(24)13-8-17(23)22(11-13)10-12-4-2-1-3-5-12/h1-7,9,13H,8,10-11H2,(H,21,24)/t13-/m1/s1. The quantitative estimate of drug-likeness (QED) is 0.937. The number of anilines is 1. The first kappa shape index (κ1) is 16.1. The van der Waals surface area contributed by atoms with Crippen LogP contribution in [0.25, 0.3) is 0 Å². The topological polar surface area (TPSA) is 49.4 Å². The lowest BCUT2D eigenvalue weighted by Crippen LogP contribution is -2.28. The third-order valence-electron chi connectivity index (χ3n) is 3.99. The third kappa shape index (κ3) is 3.59. The number of rotatable bonds is 4. The minimum absolute atomic E-state index is 0.0848. The Hall–Kier alpha value is -2.76. The third-order valence-corrected chi connectivity index (χ3v) is 3.99. The lowest BCUT2D eigenvalue weighted by atomic mass is 10.1. The summed E-state index contributed by atoms with van der Waals surface area (Å²) < 4.78 is 26.5. The maximum Gasteiger partial charge on any atom is 0.229 e. The number of hydrogen-bond donors (Lipinski definition) is 1. The number of carbonyl (C=O) groups is 2. The van der Waals surface area contributed by atoms with E-state index in [1.807, 2.05) is 30.3 Å². The van der Waals surface area contributed by atoms with Crippen LogP contribution in [0.4, 0.5) is 14.5 Å². The molecule has 0 aliphatic carbocycles. The van der Waals surface area contributed by atoms with E-state index in [1.54, 1.807) is 4.90 Å². The summed E-state index contributed by atoms with van der Waals surface area (Å²) in [6, 6.07) is 12.4. The smallest absolute Gasteiger partial charge is 0.229 e. The molecule has 24 heavy (non-hydrogen) atoms. The molecule has 1 N–H and O–H groups in total. The molecule has 2 aromatic carbocycles. The van der Waals surface area contributed by atoms with Gasteiger partial charge in [0.2, 0.25) is 11.8 Å². The highest BCUT2D eigenvalue weighted by Gasteiger charge is 2.34. The van der Waals surface area contributed by atoms with Crippen molar-refractivity contribution in [2.45, 2.75) is 13.0 Å². The molecule has 3 rings (SSSR count). The second-order valence-corrected chi connectivity index (χ2v) is 5.77. The Morgan fingerprint density at radius 3 is 2.62 bits per heavy atom. The maximum absolute atomic E-state index is 13.6. The molecule has 1 heterocycles. The van der Waals surface area contributed by atoms with Crippen molar-refractivity contribution in [3.63, 3.8) is 0 Å². The van der Waals surface area contributed by atoms with Crippen LogP contribution in [0.1, 0.15) is 12.0 Å². The molecule has 1 fully saturated rings. The molecule has 1 aliphatic rings. The molecule has 4 nitrogen and oxygen atoms in total. The lowest BCUT2D eigenvalue weighted by molar-refractivity contribution is -0.128. The van der Waals surface area contributed by atoms with Gasteiger partial charge in [0.1, 0.15) is 11.6 Å². The summed E-state index contributed by atoms with van der Waals surface area (Å²) in [6.45, 7) is 0.719. The molecular formula is C18H16F2N2O2. The van der Waals surface area contributed by atoms with Crippen LogP contribution < -0.4 is 5.32 Å². The molecule has 2 amide bonds. The normalized spacial score (nSPS) is 17.2. The molecule has 1 aliphatic heterocycles. The number of nitrogens with one attached hydrogen (secondary N) is 1. The van der Waals surface area contributed by atoms with Crippen molar-refractivity contribution in [3.05, 3.63) is 65.7 Å². The van der Waals surface area contributed by atoms with Crippen molar-refractivity contribution in [3.8, 4) is 0 Å². The zero-order valence-electron chi connectivity index (χ0n) is 12.8. The van der Waals surface area contributed by atoms with E-state index in [0.717, 1.165) is 11.6 Å². The Bertz CT molecular complexity index is 765. The Kier molecular flexibility index (Phi) is 4.55. The van der Waals surface area contributed by atoms with Crippen molar-refractivity contribution in [1.82, 2.24) is 4.90 Å². The van der Waals surface area contributed by atoms with E-state index in [9.17, 15) is 18.4 Å². The summed E-state index contributed by atoms with van der Waals surface area (Å²) >= 11 is 0. The Morgan fingerprint density at radius 1 is 1.17 bits per heavy atom. The van der Waals surface area contributed by atoms with E-state index in [-0.39, 0.29) is 24.6 Å². The van der Waals surface area contributed by atoms with E-state index in [4.69, 9.17) is 0 Å². The monoisotopic (exact) mass is 330 g/mol. The summed E-state index contributed by atoms with van der Waals surface area (Å²) in [5.41, 5.74) is 0.895. The first-order chi connectivity index (χ1) is 11.5. The SMILES string of the molecule is O=C(Nc1ccc(F)cc1F)[C@@H]1CC(=O)N(Cc2ccccc2)C1. The molecule has 0 aromatic heterocycles. The van der Waals surface area contributed by atoms with Gasteiger partial charge in [-0.3, -0.25) is 9.59 Å². The number of amides is 2. The van der Waals surface area contributed by atoms with Gasteiger partial charge in [-0.15, -0.1) is 0 Å². The second-order valence-electron chi connectivity index (χ2n) is 5.77. The second kappa shape index (κ2) is 6.78. The Labute approximate surface area is 138 Å². The highest BCUT2D eigenvalue weighted by molar-refractivity contribution is 5.97. The summed E-state index contributed by atoms with van der Waals surface area (Å²) in [5, 5.41) is 2.42. The van der Waals surface area contributed by atoms with Gasteiger partial charge in [0, 0.05) is 25.6 Å². The molecule has 0 spiro atoms. The Morgan fingerprint density at radius 2 is 1.92 bits per heavy atom. The van der Waals surface area contributed by atoms with E-state index < -0.39 is 23.5 Å². The molecule has 124 valence electrons. The van der Waals surface area contributed by atoms with Crippen molar-refractivity contribution in [2.75, 3.05) is 11.9 Å². The van der Waals surface area contributed by atoms with Crippen LogP contribution in [0.15, 0.2) is 48.5 Å². The van der Waals surface area contributed by atoms with Crippen LogP contribution in [0.3, 0.4) is 0 Å². The van der Waals surface area contributed by atoms with Crippen LogP contribution in [0, 0.1) is 17.6 Å². The molecule has 0 bridgehead atoms. The number of halogens is 2. The average molecular weight is 330 g/mol. The molecule has 6 heteroatoms. The molecular weight excluding hydrogens is 314 g/mol. The predicted molar refractivity (Wildman–Crippen MR) is 85.0 cm³/mol. The summed E-state index contributed by atoms with van der Waals surface area (Å²) in [4.78, 5) is 25.9.